The molecule has 1 aliphatic carbocycles. The second-order valence-electron chi connectivity index (χ2n) is 3.86. The van der Waals surface area contributed by atoms with Crippen molar-refractivity contribution in [2.45, 2.75) is 27.2 Å². The van der Waals surface area contributed by atoms with E-state index in [1.807, 2.05) is 6.92 Å². The van der Waals surface area contributed by atoms with E-state index in [1.54, 1.807) is 0 Å². The smallest absolute Gasteiger partial charge is 0.166 e. The molecule has 0 radical (unpaired) electrons. The molecule has 2 unspecified atom stereocenters. The lowest BCUT2D eigenvalue weighted by molar-refractivity contribution is -0.128. The molecule has 2 atom stereocenters. The van der Waals surface area contributed by atoms with Crippen molar-refractivity contribution >= 4 is 11.6 Å². The molecule has 0 amide bonds. The first-order chi connectivity index (χ1) is 6.07. The third kappa shape index (κ3) is 1.87. The minimum absolute atomic E-state index is 0.0159. The highest BCUT2D eigenvalue weighted by Gasteiger charge is 2.34. The monoisotopic (exact) mass is 180 g/mol. The molecule has 0 saturated carbocycles. The summed E-state index contributed by atoms with van der Waals surface area (Å²) in [5.41, 5.74) is 0. The van der Waals surface area contributed by atoms with Crippen molar-refractivity contribution in [1.82, 2.24) is 0 Å². The van der Waals surface area contributed by atoms with E-state index in [4.69, 9.17) is 0 Å². The molecule has 0 heterocycles. The number of carbonyl (C=O) groups is 2. The standard InChI is InChI=1S/C11H16O2/c1-4-7(2)8(3)11-9(12)5-6-10(11)13/h5-8,11H,4H2,1-3H3. The lowest BCUT2D eigenvalue weighted by Crippen LogP contribution is -2.27. The maximum Gasteiger partial charge on any atom is 0.166 e. The predicted molar refractivity (Wildman–Crippen MR) is 51.3 cm³/mol. The molecule has 0 saturated heterocycles. The maximum absolute atomic E-state index is 11.3. The Morgan fingerprint density at radius 3 is 2.08 bits per heavy atom. The van der Waals surface area contributed by atoms with Crippen molar-refractivity contribution in [2.24, 2.45) is 17.8 Å². The van der Waals surface area contributed by atoms with E-state index in [0.717, 1.165) is 6.42 Å². The highest BCUT2D eigenvalue weighted by molar-refractivity contribution is 6.18. The van der Waals surface area contributed by atoms with Crippen LogP contribution in [0.4, 0.5) is 0 Å². The summed E-state index contributed by atoms with van der Waals surface area (Å²) in [6.45, 7) is 6.16. The average molecular weight is 180 g/mol. The van der Waals surface area contributed by atoms with Gasteiger partial charge >= 0.3 is 0 Å². The Kier molecular flexibility index (Phi) is 3.02. The number of ketones is 2. The second kappa shape index (κ2) is 3.86. The van der Waals surface area contributed by atoms with Gasteiger partial charge in [0.2, 0.25) is 0 Å². The number of hydrogen-bond donors (Lipinski definition) is 0. The van der Waals surface area contributed by atoms with Crippen molar-refractivity contribution in [3.8, 4) is 0 Å². The van der Waals surface area contributed by atoms with Crippen LogP contribution in [0, 0.1) is 17.8 Å². The Balaban J connectivity index is 2.72. The van der Waals surface area contributed by atoms with E-state index < -0.39 is 5.92 Å². The molecule has 1 aliphatic rings. The second-order valence-corrected chi connectivity index (χ2v) is 3.86. The number of hydrogen-bond acceptors (Lipinski definition) is 2. The van der Waals surface area contributed by atoms with Crippen molar-refractivity contribution < 1.29 is 9.59 Å². The Morgan fingerprint density at radius 2 is 1.69 bits per heavy atom. The third-order valence-electron chi connectivity index (χ3n) is 3.09. The fraction of sp³-hybridized carbons (Fsp3) is 0.636. The maximum atomic E-state index is 11.3. The fourth-order valence-corrected chi connectivity index (χ4v) is 1.73. The summed E-state index contributed by atoms with van der Waals surface area (Å²) in [5, 5.41) is 0. The summed E-state index contributed by atoms with van der Waals surface area (Å²) in [5.74, 6) is 0.170. The molecular formula is C11H16O2. The van der Waals surface area contributed by atoms with E-state index in [-0.39, 0.29) is 17.5 Å². The molecule has 72 valence electrons. The zero-order chi connectivity index (χ0) is 10.0. The van der Waals surface area contributed by atoms with Crippen molar-refractivity contribution in [2.75, 3.05) is 0 Å². The molecule has 13 heavy (non-hydrogen) atoms. The molecule has 0 aromatic rings. The number of carbonyl (C=O) groups excluding carboxylic acids is 2. The van der Waals surface area contributed by atoms with Crippen LogP contribution in [-0.4, -0.2) is 11.6 Å². The Bertz CT molecular complexity index is 235. The van der Waals surface area contributed by atoms with E-state index in [2.05, 4.69) is 13.8 Å². The SMILES string of the molecule is CCC(C)C(C)C1C(=O)C=CC1=O. The predicted octanol–water partition coefficient (Wildman–Crippen LogP) is 1.99. The van der Waals surface area contributed by atoms with Crippen LogP contribution in [-0.2, 0) is 9.59 Å². The molecule has 0 aromatic carbocycles. The molecule has 2 heteroatoms. The van der Waals surface area contributed by atoms with Crippen LogP contribution < -0.4 is 0 Å². The lowest BCUT2D eigenvalue weighted by Gasteiger charge is -2.22. The van der Waals surface area contributed by atoms with Gasteiger partial charge in [-0.15, -0.1) is 0 Å². The van der Waals surface area contributed by atoms with Gasteiger partial charge in [-0.05, 0) is 24.0 Å². The molecule has 0 N–H and O–H groups in total. The van der Waals surface area contributed by atoms with Crippen molar-refractivity contribution in [3.05, 3.63) is 12.2 Å². The molecule has 0 bridgehead atoms. The van der Waals surface area contributed by atoms with Gasteiger partial charge in [0.25, 0.3) is 0 Å². The summed E-state index contributed by atoms with van der Waals surface area (Å²) in [7, 11) is 0. The van der Waals surface area contributed by atoms with Crippen LogP contribution in [0.1, 0.15) is 27.2 Å². The summed E-state index contributed by atoms with van der Waals surface area (Å²) >= 11 is 0. The number of allylic oxidation sites excluding steroid dienone is 2. The first-order valence-electron chi connectivity index (χ1n) is 4.83. The van der Waals surface area contributed by atoms with E-state index in [1.165, 1.54) is 12.2 Å². The zero-order valence-corrected chi connectivity index (χ0v) is 8.41. The minimum atomic E-state index is -0.394. The van der Waals surface area contributed by atoms with Crippen LogP contribution in [0.3, 0.4) is 0 Å². The Morgan fingerprint density at radius 1 is 1.23 bits per heavy atom. The van der Waals surface area contributed by atoms with Crippen molar-refractivity contribution in [1.29, 1.82) is 0 Å². The highest BCUT2D eigenvalue weighted by Crippen LogP contribution is 2.28. The first kappa shape index (κ1) is 10.2. The van der Waals surface area contributed by atoms with Crippen LogP contribution in [0.15, 0.2) is 12.2 Å². The highest BCUT2D eigenvalue weighted by atomic mass is 16.2. The molecule has 0 fully saturated rings. The third-order valence-corrected chi connectivity index (χ3v) is 3.09. The van der Waals surface area contributed by atoms with Gasteiger partial charge in [-0.3, -0.25) is 9.59 Å². The first-order valence-corrected chi connectivity index (χ1v) is 4.83. The van der Waals surface area contributed by atoms with E-state index in [0.29, 0.717) is 5.92 Å². The summed E-state index contributed by atoms with van der Waals surface area (Å²) in [4.78, 5) is 22.7. The largest absolute Gasteiger partial charge is 0.294 e. The quantitative estimate of drug-likeness (QED) is 0.622. The molecule has 1 rings (SSSR count). The molecule has 0 aromatic heterocycles. The van der Waals surface area contributed by atoms with E-state index in [9.17, 15) is 9.59 Å². The summed E-state index contributed by atoms with van der Waals surface area (Å²) < 4.78 is 0. The fourth-order valence-electron chi connectivity index (χ4n) is 1.73. The van der Waals surface area contributed by atoms with Gasteiger partial charge < -0.3 is 0 Å². The van der Waals surface area contributed by atoms with Crippen LogP contribution >= 0.6 is 0 Å². The zero-order valence-electron chi connectivity index (χ0n) is 8.41. The number of rotatable bonds is 3. The van der Waals surface area contributed by atoms with Gasteiger partial charge in [0.1, 0.15) is 0 Å². The normalized spacial score (nSPS) is 22.4. The lowest BCUT2D eigenvalue weighted by atomic mass is 9.80. The average Bonchev–Trinajstić information content (AvgIpc) is 2.44. The Hall–Kier alpha value is -0.920. The van der Waals surface area contributed by atoms with Gasteiger partial charge in [-0.25, -0.2) is 0 Å². The van der Waals surface area contributed by atoms with E-state index >= 15 is 0 Å². The van der Waals surface area contributed by atoms with Gasteiger partial charge in [-0.2, -0.15) is 0 Å². The van der Waals surface area contributed by atoms with Gasteiger partial charge in [-0.1, -0.05) is 27.2 Å². The van der Waals surface area contributed by atoms with Crippen LogP contribution in [0.25, 0.3) is 0 Å². The minimum Gasteiger partial charge on any atom is -0.294 e. The van der Waals surface area contributed by atoms with Crippen molar-refractivity contribution in [3.63, 3.8) is 0 Å². The van der Waals surface area contributed by atoms with Crippen LogP contribution in [0.2, 0.25) is 0 Å². The molecular weight excluding hydrogens is 164 g/mol. The van der Waals surface area contributed by atoms with Crippen LogP contribution in [0.5, 0.6) is 0 Å². The van der Waals surface area contributed by atoms with Gasteiger partial charge in [0.15, 0.2) is 11.6 Å². The molecule has 2 nitrogen and oxygen atoms in total. The summed E-state index contributed by atoms with van der Waals surface area (Å²) in [6.07, 6.45) is 3.83. The van der Waals surface area contributed by atoms with Gasteiger partial charge in [0.05, 0.1) is 5.92 Å². The topological polar surface area (TPSA) is 34.1 Å². The van der Waals surface area contributed by atoms with Gasteiger partial charge in [0, 0.05) is 0 Å². The Labute approximate surface area is 79.0 Å². The summed E-state index contributed by atoms with van der Waals surface area (Å²) in [6, 6.07) is 0. The molecule has 0 aliphatic heterocycles. The molecule has 0 spiro atoms.